The second-order valence-corrected chi connectivity index (χ2v) is 11.0. The zero-order valence-corrected chi connectivity index (χ0v) is 21.6. The fourth-order valence-corrected chi connectivity index (χ4v) is 5.32. The van der Waals surface area contributed by atoms with Gasteiger partial charge in [0.1, 0.15) is 23.1 Å². The van der Waals surface area contributed by atoms with E-state index in [4.69, 9.17) is 9.47 Å². The van der Waals surface area contributed by atoms with Gasteiger partial charge in [0.25, 0.3) is 0 Å². The molecule has 0 aliphatic heterocycles. The molecule has 0 spiro atoms. The summed E-state index contributed by atoms with van der Waals surface area (Å²) in [4.78, 5) is 13.1. The van der Waals surface area contributed by atoms with E-state index < -0.39 is 15.1 Å². The van der Waals surface area contributed by atoms with E-state index in [2.05, 4.69) is 22.1 Å². The maximum atomic E-state index is 12.9. The molecule has 3 rings (SSSR count). The lowest BCUT2D eigenvalue weighted by Gasteiger charge is -2.15. The molecular formula is C24H28N4O5S2. The first-order valence-corrected chi connectivity index (χ1v) is 13.2. The lowest BCUT2D eigenvalue weighted by atomic mass is 10.2. The molecule has 1 atom stereocenters. The molecule has 35 heavy (non-hydrogen) atoms. The van der Waals surface area contributed by atoms with Gasteiger partial charge in [-0.15, -0.1) is 16.8 Å². The Balaban J connectivity index is 1.77. The molecule has 3 aromatic rings. The predicted octanol–water partition coefficient (Wildman–Crippen LogP) is 3.88. The lowest BCUT2D eigenvalue weighted by Crippen LogP contribution is -2.23. The van der Waals surface area contributed by atoms with Gasteiger partial charge in [-0.25, -0.2) is 8.42 Å². The van der Waals surface area contributed by atoms with Crippen molar-refractivity contribution in [2.45, 2.75) is 41.4 Å². The highest BCUT2D eigenvalue weighted by atomic mass is 32.2. The number of nitrogens with zero attached hydrogens (tertiary/aromatic N) is 3. The zero-order chi connectivity index (χ0) is 25.6. The number of hydrogen-bond donors (Lipinski definition) is 1. The summed E-state index contributed by atoms with van der Waals surface area (Å²) in [5.41, 5.74) is 1.47. The Hall–Kier alpha value is -3.31. The molecule has 11 heteroatoms. The number of allylic oxidation sites excluding steroid dienone is 1. The molecule has 1 amide bonds. The highest BCUT2D eigenvalue weighted by Crippen LogP contribution is 2.31. The number of aromatic nitrogens is 3. The number of anilines is 1. The van der Waals surface area contributed by atoms with Gasteiger partial charge in [-0.2, -0.15) is 0 Å². The largest absolute Gasteiger partial charge is 0.497 e. The van der Waals surface area contributed by atoms with Crippen LogP contribution in [0.5, 0.6) is 11.5 Å². The summed E-state index contributed by atoms with van der Waals surface area (Å²) in [6.07, 6.45) is 1.63. The Morgan fingerprint density at radius 1 is 1.17 bits per heavy atom. The summed E-state index contributed by atoms with van der Waals surface area (Å²) in [7, 11) is -0.573. The number of ether oxygens (including phenoxy) is 2. The summed E-state index contributed by atoms with van der Waals surface area (Å²) in [6, 6.07) is 11.7. The number of amides is 1. The van der Waals surface area contributed by atoms with Crippen molar-refractivity contribution < 1.29 is 22.7 Å². The van der Waals surface area contributed by atoms with Crippen LogP contribution in [0, 0.1) is 6.92 Å². The van der Waals surface area contributed by atoms with E-state index >= 15 is 0 Å². The van der Waals surface area contributed by atoms with Crippen molar-refractivity contribution in [3.05, 3.63) is 66.5 Å². The molecule has 0 aliphatic carbocycles. The first-order chi connectivity index (χ1) is 16.7. The Morgan fingerprint density at radius 3 is 2.51 bits per heavy atom. The highest BCUT2D eigenvalue weighted by molar-refractivity contribution is 8.00. The second-order valence-electron chi connectivity index (χ2n) is 7.69. The van der Waals surface area contributed by atoms with Gasteiger partial charge >= 0.3 is 0 Å². The van der Waals surface area contributed by atoms with Crippen LogP contribution in [0.4, 0.5) is 5.69 Å². The Morgan fingerprint density at radius 2 is 1.89 bits per heavy atom. The number of hydrogen-bond acceptors (Lipinski definition) is 8. The van der Waals surface area contributed by atoms with Crippen molar-refractivity contribution in [2.24, 2.45) is 0 Å². The molecule has 9 nitrogen and oxygen atoms in total. The third-order valence-corrected chi connectivity index (χ3v) is 7.83. The van der Waals surface area contributed by atoms with Crippen LogP contribution in [-0.4, -0.2) is 48.6 Å². The average molecular weight is 517 g/mol. The van der Waals surface area contributed by atoms with Gasteiger partial charge < -0.3 is 19.4 Å². The first kappa shape index (κ1) is 26.3. The number of rotatable bonds is 11. The normalized spacial score (nSPS) is 12.1. The van der Waals surface area contributed by atoms with Crippen LogP contribution in [0.3, 0.4) is 0 Å². The standard InChI is InChI=1S/C24H28N4O5S2/c1-6-13-28-22(15-35(30,31)19-10-7-16(2)8-11-19)26-27-24(28)34-17(3)23(29)25-20-12-9-18(32-4)14-21(20)33-5/h6-12,14,17H,1,13,15H2,2-5H3,(H,25,29). The van der Waals surface area contributed by atoms with Crippen LogP contribution in [0.25, 0.3) is 0 Å². The van der Waals surface area contributed by atoms with Crippen molar-refractivity contribution in [3.8, 4) is 11.5 Å². The second kappa shape index (κ2) is 11.4. The molecule has 1 heterocycles. The summed E-state index contributed by atoms with van der Waals surface area (Å²) < 4.78 is 38.0. The van der Waals surface area contributed by atoms with Gasteiger partial charge in [-0.3, -0.25) is 4.79 Å². The molecule has 0 fully saturated rings. The Kier molecular flexibility index (Phi) is 8.57. The lowest BCUT2D eigenvalue weighted by molar-refractivity contribution is -0.115. The Labute approximate surface area is 209 Å². The number of carbonyl (C=O) groups excluding carboxylic acids is 1. The maximum absolute atomic E-state index is 12.9. The summed E-state index contributed by atoms with van der Waals surface area (Å²) >= 11 is 1.17. The van der Waals surface area contributed by atoms with E-state index in [0.29, 0.717) is 28.9 Å². The van der Waals surface area contributed by atoms with Gasteiger partial charge in [0.05, 0.1) is 30.1 Å². The van der Waals surface area contributed by atoms with Crippen LogP contribution >= 0.6 is 11.8 Å². The van der Waals surface area contributed by atoms with E-state index in [1.54, 1.807) is 67.1 Å². The monoisotopic (exact) mass is 516 g/mol. The van der Waals surface area contributed by atoms with Gasteiger partial charge in [-0.1, -0.05) is 35.5 Å². The molecule has 0 radical (unpaired) electrons. The van der Waals surface area contributed by atoms with Gasteiger partial charge in [-0.05, 0) is 38.1 Å². The minimum Gasteiger partial charge on any atom is -0.497 e. The molecule has 186 valence electrons. The highest BCUT2D eigenvalue weighted by Gasteiger charge is 2.24. The summed E-state index contributed by atoms with van der Waals surface area (Å²) in [5, 5.41) is 11.0. The molecule has 2 aromatic carbocycles. The van der Waals surface area contributed by atoms with E-state index in [1.807, 2.05) is 6.92 Å². The maximum Gasteiger partial charge on any atom is 0.237 e. The van der Waals surface area contributed by atoms with Gasteiger partial charge in [0, 0.05) is 12.6 Å². The number of sulfone groups is 1. The molecule has 0 aliphatic rings. The van der Waals surface area contributed by atoms with E-state index in [0.717, 1.165) is 5.56 Å². The number of carbonyl (C=O) groups is 1. The van der Waals surface area contributed by atoms with Crippen molar-refractivity contribution in [1.82, 2.24) is 14.8 Å². The number of aryl methyl sites for hydroxylation is 1. The fraction of sp³-hybridized carbons (Fsp3) is 0.292. The molecular weight excluding hydrogens is 488 g/mol. The number of methoxy groups -OCH3 is 2. The van der Waals surface area contributed by atoms with Crippen molar-refractivity contribution >= 4 is 33.2 Å². The molecule has 0 bridgehead atoms. The molecule has 0 saturated carbocycles. The quantitative estimate of drug-likeness (QED) is 0.302. The molecule has 0 saturated heterocycles. The van der Waals surface area contributed by atoms with E-state index in [1.165, 1.54) is 18.9 Å². The topological polar surface area (TPSA) is 112 Å². The van der Waals surface area contributed by atoms with Crippen molar-refractivity contribution in [3.63, 3.8) is 0 Å². The summed E-state index contributed by atoms with van der Waals surface area (Å²) in [6.45, 7) is 7.67. The van der Waals surface area contributed by atoms with Crippen LogP contribution in [-0.2, 0) is 26.9 Å². The van der Waals surface area contributed by atoms with Crippen LogP contribution in [0.1, 0.15) is 18.3 Å². The zero-order valence-electron chi connectivity index (χ0n) is 20.0. The smallest absolute Gasteiger partial charge is 0.237 e. The predicted molar refractivity (Wildman–Crippen MR) is 136 cm³/mol. The third kappa shape index (κ3) is 6.43. The third-order valence-electron chi connectivity index (χ3n) is 5.12. The average Bonchev–Trinajstić information content (AvgIpc) is 3.19. The van der Waals surface area contributed by atoms with Gasteiger partial charge in [0.2, 0.25) is 5.91 Å². The SMILES string of the molecule is C=CCn1c(CS(=O)(=O)c2ccc(C)cc2)nnc1SC(C)C(=O)Nc1ccc(OC)cc1OC. The van der Waals surface area contributed by atoms with Crippen LogP contribution in [0.2, 0.25) is 0 Å². The molecule has 1 aromatic heterocycles. The van der Waals surface area contributed by atoms with Crippen molar-refractivity contribution in [1.29, 1.82) is 0 Å². The van der Waals surface area contributed by atoms with Crippen molar-refractivity contribution in [2.75, 3.05) is 19.5 Å². The van der Waals surface area contributed by atoms with Crippen LogP contribution in [0.15, 0.2) is 65.2 Å². The summed E-state index contributed by atoms with van der Waals surface area (Å²) in [5.74, 6) is 0.750. The van der Waals surface area contributed by atoms with E-state index in [9.17, 15) is 13.2 Å². The van der Waals surface area contributed by atoms with E-state index in [-0.39, 0.29) is 22.4 Å². The first-order valence-electron chi connectivity index (χ1n) is 10.7. The van der Waals surface area contributed by atoms with Gasteiger partial charge in [0.15, 0.2) is 15.0 Å². The fourth-order valence-electron chi connectivity index (χ4n) is 3.17. The van der Waals surface area contributed by atoms with Crippen LogP contribution < -0.4 is 14.8 Å². The molecule has 1 unspecified atom stereocenters. The molecule has 1 N–H and O–H groups in total. The number of thioether (sulfide) groups is 1. The Bertz CT molecular complexity index is 1300. The minimum absolute atomic E-state index is 0.214. The number of benzene rings is 2. The minimum atomic E-state index is -3.63. The number of nitrogens with one attached hydrogen (secondary N) is 1.